The molecule has 0 atom stereocenters. The minimum Gasteiger partial charge on any atom is -0.397 e. The average Bonchev–Trinajstić information content (AvgIpc) is 2.75. The maximum Gasteiger partial charge on any atom is 0.418 e. The molecule has 2 heterocycles. The molecule has 2 aromatic carbocycles. The minimum atomic E-state index is -4.78. The molecule has 10 heteroatoms. The van der Waals surface area contributed by atoms with E-state index in [0.29, 0.717) is 28.7 Å². The Morgan fingerprint density at radius 3 is 2.59 bits per heavy atom. The molecule has 1 amide bonds. The summed E-state index contributed by atoms with van der Waals surface area (Å²) in [5.41, 5.74) is 4.45. The Kier molecular flexibility index (Phi) is 5.35. The van der Waals surface area contributed by atoms with Crippen LogP contribution in [0.5, 0.6) is 5.88 Å². The molecule has 162 valence electrons. The van der Waals surface area contributed by atoms with E-state index in [0.717, 1.165) is 0 Å². The maximum atomic E-state index is 15.0. The van der Waals surface area contributed by atoms with Crippen LogP contribution in [-0.2, 0) is 6.18 Å². The Bertz CT molecular complexity index is 1310. The third kappa shape index (κ3) is 4.29. The summed E-state index contributed by atoms with van der Waals surface area (Å²) >= 11 is 0. The number of nitrogens with one attached hydrogen (secondary N) is 1. The predicted octanol–water partition coefficient (Wildman–Crippen LogP) is 5.65. The zero-order chi connectivity index (χ0) is 22.9. The first-order valence-electron chi connectivity index (χ1n) is 9.17. The number of ether oxygens (including phenoxy) is 1. The van der Waals surface area contributed by atoms with Gasteiger partial charge in [0.2, 0.25) is 5.88 Å². The van der Waals surface area contributed by atoms with Crippen molar-refractivity contribution < 1.29 is 27.1 Å². The number of alkyl halides is 3. The molecule has 4 aromatic rings. The number of nitrogens with zero attached hydrogens (tertiary/aromatic N) is 2. The molecule has 6 nitrogen and oxygen atoms in total. The zero-order valence-electron chi connectivity index (χ0n) is 16.2. The van der Waals surface area contributed by atoms with Crippen molar-refractivity contribution in [2.75, 3.05) is 11.1 Å². The van der Waals surface area contributed by atoms with Gasteiger partial charge >= 0.3 is 12.3 Å². The van der Waals surface area contributed by atoms with Crippen LogP contribution in [-0.4, -0.2) is 16.1 Å². The molecular weight excluding hydrogens is 428 g/mol. The Hall–Kier alpha value is -4.21. The highest BCUT2D eigenvalue weighted by molar-refractivity contribution is 5.91. The Labute approximate surface area is 178 Å². The number of pyridine rings is 2. The van der Waals surface area contributed by atoms with Crippen LogP contribution in [0.3, 0.4) is 0 Å². The van der Waals surface area contributed by atoms with Crippen LogP contribution in [0.4, 0.5) is 33.7 Å². The Morgan fingerprint density at radius 2 is 1.88 bits per heavy atom. The highest BCUT2D eigenvalue weighted by Gasteiger charge is 2.33. The molecule has 0 spiro atoms. The molecule has 0 bridgehead atoms. The maximum absolute atomic E-state index is 15.0. The van der Waals surface area contributed by atoms with Gasteiger partial charge in [0.05, 0.1) is 22.5 Å². The first-order chi connectivity index (χ1) is 15.2. The van der Waals surface area contributed by atoms with E-state index in [9.17, 15) is 22.4 Å². The van der Waals surface area contributed by atoms with E-state index >= 15 is 0 Å². The topological polar surface area (TPSA) is 90.1 Å². The van der Waals surface area contributed by atoms with Crippen molar-refractivity contribution in [1.29, 1.82) is 0 Å². The van der Waals surface area contributed by atoms with E-state index in [-0.39, 0.29) is 17.0 Å². The van der Waals surface area contributed by atoms with Crippen molar-refractivity contribution in [2.24, 2.45) is 0 Å². The summed E-state index contributed by atoms with van der Waals surface area (Å²) in [7, 11) is 0. The van der Waals surface area contributed by atoms with Gasteiger partial charge in [-0.3, -0.25) is 10.3 Å². The van der Waals surface area contributed by atoms with Crippen molar-refractivity contribution in [1.82, 2.24) is 9.97 Å². The number of carbonyl (C=O) groups excluding carboxylic acids is 1. The van der Waals surface area contributed by atoms with Crippen LogP contribution in [0.15, 0.2) is 67.0 Å². The lowest BCUT2D eigenvalue weighted by molar-refractivity contribution is -0.137. The number of rotatable bonds is 3. The van der Waals surface area contributed by atoms with E-state index < -0.39 is 29.3 Å². The molecule has 0 saturated heterocycles. The van der Waals surface area contributed by atoms with Crippen molar-refractivity contribution in [3.63, 3.8) is 0 Å². The molecule has 32 heavy (non-hydrogen) atoms. The van der Waals surface area contributed by atoms with E-state index in [2.05, 4.69) is 9.97 Å². The molecule has 0 fully saturated rings. The molecule has 0 saturated carbocycles. The monoisotopic (exact) mass is 442 g/mol. The number of anilines is 2. The van der Waals surface area contributed by atoms with E-state index in [1.807, 2.05) is 5.32 Å². The molecule has 0 radical (unpaired) electrons. The number of amides is 1. The van der Waals surface area contributed by atoms with Crippen LogP contribution in [0.25, 0.3) is 22.0 Å². The number of carbonyl (C=O) groups is 1. The fourth-order valence-electron chi connectivity index (χ4n) is 3.05. The highest BCUT2D eigenvalue weighted by atomic mass is 19.4. The number of benzene rings is 2. The summed E-state index contributed by atoms with van der Waals surface area (Å²) in [6.45, 7) is 0. The summed E-state index contributed by atoms with van der Waals surface area (Å²) in [4.78, 5) is 20.2. The summed E-state index contributed by atoms with van der Waals surface area (Å²) < 4.78 is 60.1. The molecule has 0 aliphatic carbocycles. The van der Waals surface area contributed by atoms with Gasteiger partial charge in [0, 0.05) is 35.0 Å². The lowest BCUT2D eigenvalue weighted by Gasteiger charge is -2.15. The molecule has 4 rings (SSSR count). The number of hydrogen-bond acceptors (Lipinski definition) is 5. The summed E-state index contributed by atoms with van der Waals surface area (Å²) in [6, 6.07) is 12.1. The SMILES string of the molecule is Nc1cccc2ccc(OC(=O)Nc3cc(C(F)(F)F)cc(-c4cccnc4)c3F)nc12. The standard InChI is InChI=1S/C22H14F4N4O2/c23-19-15(13-4-2-8-28-11-13)9-14(22(24,25)26)10-17(19)29-21(31)32-18-7-6-12-3-1-5-16(27)20(12)30-18/h1-11H,27H2,(H,29,31). The minimum absolute atomic E-state index is 0.110. The Morgan fingerprint density at radius 1 is 1.06 bits per heavy atom. The van der Waals surface area contributed by atoms with Crippen LogP contribution in [0.2, 0.25) is 0 Å². The van der Waals surface area contributed by atoms with E-state index in [1.54, 1.807) is 24.3 Å². The number of nitrogens with two attached hydrogens (primary N) is 1. The van der Waals surface area contributed by atoms with Crippen molar-refractivity contribution in [3.05, 3.63) is 78.4 Å². The van der Waals surface area contributed by atoms with Gasteiger partial charge in [-0.1, -0.05) is 18.2 Å². The van der Waals surface area contributed by atoms with Gasteiger partial charge in [-0.05, 0) is 30.3 Å². The second-order valence-electron chi connectivity index (χ2n) is 6.71. The molecular formula is C22H14F4N4O2. The quantitative estimate of drug-likeness (QED) is 0.316. The Balaban J connectivity index is 1.66. The van der Waals surface area contributed by atoms with Gasteiger partial charge < -0.3 is 10.5 Å². The van der Waals surface area contributed by atoms with Crippen molar-refractivity contribution >= 4 is 28.4 Å². The predicted molar refractivity (Wildman–Crippen MR) is 110 cm³/mol. The summed E-state index contributed by atoms with van der Waals surface area (Å²) in [6.07, 6.45) is -3.39. The normalized spacial score (nSPS) is 11.4. The van der Waals surface area contributed by atoms with Gasteiger partial charge in [-0.25, -0.2) is 14.2 Å². The third-order valence-corrected chi connectivity index (χ3v) is 4.53. The van der Waals surface area contributed by atoms with Crippen molar-refractivity contribution in [2.45, 2.75) is 6.18 Å². The number of fused-ring (bicyclic) bond motifs is 1. The number of aromatic nitrogens is 2. The molecule has 2 aromatic heterocycles. The second kappa shape index (κ2) is 8.14. The highest BCUT2D eigenvalue weighted by Crippen LogP contribution is 2.37. The number of halogens is 4. The van der Waals surface area contributed by atoms with Gasteiger partial charge in [-0.15, -0.1) is 0 Å². The first-order valence-corrected chi connectivity index (χ1v) is 9.17. The van der Waals surface area contributed by atoms with Gasteiger partial charge in [0.25, 0.3) is 0 Å². The van der Waals surface area contributed by atoms with Crippen molar-refractivity contribution in [3.8, 4) is 17.0 Å². The largest absolute Gasteiger partial charge is 0.418 e. The fourth-order valence-corrected chi connectivity index (χ4v) is 3.05. The fraction of sp³-hybridized carbons (Fsp3) is 0.0455. The molecule has 0 unspecified atom stereocenters. The van der Waals surface area contributed by atoms with Crippen LogP contribution >= 0.6 is 0 Å². The molecule has 0 aliphatic rings. The van der Waals surface area contributed by atoms with E-state index in [4.69, 9.17) is 10.5 Å². The second-order valence-corrected chi connectivity index (χ2v) is 6.71. The van der Waals surface area contributed by atoms with Crippen LogP contribution < -0.4 is 15.8 Å². The lowest BCUT2D eigenvalue weighted by atomic mass is 10.0. The average molecular weight is 442 g/mol. The number of para-hydroxylation sites is 1. The van der Waals surface area contributed by atoms with Crippen LogP contribution in [0, 0.1) is 5.82 Å². The number of hydrogen-bond donors (Lipinski definition) is 2. The zero-order valence-corrected chi connectivity index (χ0v) is 16.2. The number of nitrogen functional groups attached to an aromatic ring is 1. The van der Waals surface area contributed by atoms with E-state index in [1.165, 1.54) is 30.6 Å². The summed E-state index contributed by atoms with van der Waals surface area (Å²) in [5.74, 6) is -1.23. The lowest BCUT2D eigenvalue weighted by Crippen LogP contribution is -2.19. The first kappa shape index (κ1) is 21.0. The smallest absolute Gasteiger partial charge is 0.397 e. The summed E-state index contributed by atoms with van der Waals surface area (Å²) in [5, 5.41) is 2.71. The van der Waals surface area contributed by atoms with Gasteiger partial charge in [0.15, 0.2) is 5.82 Å². The van der Waals surface area contributed by atoms with Gasteiger partial charge in [-0.2, -0.15) is 13.2 Å². The van der Waals surface area contributed by atoms with Crippen LogP contribution in [0.1, 0.15) is 5.56 Å². The third-order valence-electron chi connectivity index (χ3n) is 4.53. The molecule has 0 aliphatic heterocycles. The molecule has 3 N–H and O–H groups in total. The van der Waals surface area contributed by atoms with Gasteiger partial charge in [0.1, 0.15) is 0 Å².